The summed E-state index contributed by atoms with van der Waals surface area (Å²) in [6, 6.07) is 44.2. The molecule has 10 aromatic rings. The van der Waals surface area contributed by atoms with E-state index in [1.54, 1.807) is 87.9 Å². The molecule has 0 spiro atoms. The van der Waals surface area contributed by atoms with Crippen molar-refractivity contribution in [1.29, 1.82) is 0 Å². The maximum absolute atomic E-state index is 12.9. The smallest absolute Gasteiger partial charge is 0.360 e. The lowest BCUT2D eigenvalue weighted by atomic mass is 10.2. The Morgan fingerprint density at radius 1 is 0.524 bits per heavy atom. The van der Waals surface area contributed by atoms with Gasteiger partial charge >= 0.3 is 23.9 Å². The molecule has 103 heavy (non-hydrogen) atoms. The zero-order valence-corrected chi connectivity index (χ0v) is 61.1. The second-order valence-electron chi connectivity index (χ2n) is 22.6. The minimum atomic E-state index is -1.11. The number of amides is 3. The van der Waals surface area contributed by atoms with E-state index in [1.807, 2.05) is 141 Å². The van der Waals surface area contributed by atoms with E-state index in [4.69, 9.17) is 80.9 Å². The number of benzene rings is 5. The Kier molecular flexibility index (Phi) is 29.5. The van der Waals surface area contributed by atoms with Gasteiger partial charge in [0.15, 0.2) is 28.5 Å². The van der Waals surface area contributed by atoms with Gasteiger partial charge in [-0.15, -0.1) is 0 Å². The molecule has 2 aliphatic rings. The average Bonchev–Trinajstić information content (AvgIpc) is 1.69. The van der Waals surface area contributed by atoms with Crippen LogP contribution in [0.2, 0.25) is 20.1 Å². The second kappa shape index (κ2) is 38.3. The van der Waals surface area contributed by atoms with Crippen LogP contribution in [0.15, 0.2) is 146 Å². The van der Waals surface area contributed by atoms with Gasteiger partial charge in [0, 0.05) is 19.8 Å². The van der Waals surface area contributed by atoms with Crippen molar-refractivity contribution in [2.45, 2.75) is 87.1 Å². The molecule has 0 bridgehead atoms. The Labute approximate surface area is 614 Å². The van der Waals surface area contributed by atoms with Crippen LogP contribution in [0.25, 0.3) is 0 Å². The van der Waals surface area contributed by atoms with Gasteiger partial charge in [-0.3, -0.25) is 38.6 Å². The van der Waals surface area contributed by atoms with Gasteiger partial charge in [0.1, 0.15) is 36.8 Å². The maximum Gasteiger partial charge on any atom is 0.360 e. The predicted molar refractivity (Wildman–Crippen MR) is 389 cm³/mol. The number of rotatable bonds is 15. The van der Waals surface area contributed by atoms with E-state index in [0.29, 0.717) is 89.5 Å². The summed E-state index contributed by atoms with van der Waals surface area (Å²) in [4.78, 5) is 85.0. The number of carbonyl (C=O) groups is 7. The number of carboxylic acids is 1. The summed E-state index contributed by atoms with van der Waals surface area (Å²) in [5, 5.41) is 38.1. The summed E-state index contributed by atoms with van der Waals surface area (Å²) >= 11 is 24.2. The van der Waals surface area contributed by atoms with Crippen LogP contribution in [0.3, 0.4) is 0 Å². The molecule has 0 aliphatic carbocycles. The number of nitrogens with one attached hydrogen (secondary N) is 3. The number of ether oxygens (including phenoxy) is 5. The molecule has 7 heterocycles. The fourth-order valence-electron chi connectivity index (χ4n) is 9.65. The molecule has 6 N–H and O–H groups in total. The molecule has 0 unspecified atom stereocenters. The number of fused-ring (bicyclic) bond motifs is 2. The Bertz CT molecular complexity index is 4540. The van der Waals surface area contributed by atoms with E-state index in [9.17, 15) is 33.6 Å². The van der Waals surface area contributed by atoms with E-state index in [1.165, 1.54) is 9.80 Å². The van der Waals surface area contributed by atoms with E-state index in [-0.39, 0.29) is 63.8 Å². The Morgan fingerprint density at radius 2 is 0.922 bits per heavy atom. The van der Waals surface area contributed by atoms with Gasteiger partial charge in [-0.25, -0.2) is 19.2 Å². The number of anilines is 2. The molecule has 12 rings (SSSR count). The number of para-hydroxylation sites is 4. The van der Waals surface area contributed by atoms with Crippen molar-refractivity contribution in [1.82, 2.24) is 55.1 Å². The molecule has 5 aromatic carbocycles. The zero-order valence-electron chi connectivity index (χ0n) is 58.1. The third kappa shape index (κ3) is 21.4. The largest absolute Gasteiger partial charge is 0.489 e. The number of aromatic carboxylic acids is 1. The normalized spacial score (nSPS) is 13.3. The minimum Gasteiger partial charge on any atom is -0.489 e. The van der Waals surface area contributed by atoms with Crippen LogP contribution in [0, 0.1) is 34.6 Å². The molecule has 5 aromatic heterocycles. The van der Waals surface area contributed by atoms with Crippen LogP contribution in [-0.2, 0) is 43.4 Å². The number of esters is 3. The van der Waals surface area contributed by atoms with Crippen molar-refractivity contribution in [3.63, 3.8) is 0 Å². The van der Waals surface area contributed by atoms with E-state index in [2.05, 4.69) is 41.0 Å². The lowest BCUT2D eigenvalue weighted by Crippen LogP contribution is -2.49. The van der Waals surface area contributed by atoms with Crippen LogP contribution < -0.4 is 30.3 Å². The molecule has 542 valence electrons. The number of nitrogens with two attached hydrogens (primary N) is 1. The number of likely N-dealkylation sites (N-methyl/N-ethyl adjacent to an activating group) is 2. The third-order valence-electron chi connectivity index (χ3n) is 15.2. The van der Waals surface area contributed by atoms with Crippen molar-refractivity contribution in [3.8, 4) is 11.5 Å². The molecule has 3 amide bonds. The molecule has 2 atom stereocenters. The highest BCUT2D eigenvalue weighted by Gasteiger charge is 2.33. The first kappa shape index (κ1) is 79.5. The highest BCUT2D eigenvalue weighted by molar-refractivity contribution is 6.35. The number of carbonyl (C=O) groups excluding carboxylic acids is 6. The van der Waals surface area contributed by atoms with E-state index >= 15 is 0 Å². The number of halogens is 4. The minimum absolute atomic E-state index is 0.0211. The number of aromatic amines is 2. The van der Waals surface area contributed by atoms with Crippen molar-refractivity contribution in [2.24, 2.45) is 5.73 Å². The van der Waals surface area contributed by atoms with Gasteiger partial charge < -0.3 is 49.6 Å². The standard InChI is InChI=1S/C22H21ClN4O3.C14H15ClN2O2.C12H11ClN2O2.C10H12N2O2.C7H9ClN2O2.C7H10N2O2/c1-14-19(23)20(25-27(14)12-15-8-4-3-5-9-15)21(28)24-16-13-30-18-11-7-6-10-17(18)26(2)22(16)29;1-3-19-14(18)13-12(15)10(2)17(16-13)9-11-7-5-4-6-8-11;1-8-10(13)11(12(16)17)14-15(8)7-9-5-3-2-4-6-9;1-12-8-4-2-3-5-9(8)14-6-7(11)10(12)13;1-3-12-7(11)6-5(8)4(2)9-10-6;1-3-11-7(10)6-4-5(2)8-9-6/h3-11,16H,12-13H2,1-2H3,(H,24,28);4-8H,3,9H2,1-2H3;2-6H,7H2,1H3,(H,16,17);2-5,7H,6,11H2,1H3;3H2,1-2H3,(H,9,10);4H,3H2,1-2H3,(H,8,9)/t16-;;;7-;;/m0..0../s1. The fraction of sp³-hybridized carbons (Fsp3) is 0.278. The number of H-pyrrole nitrogens is 2. The first-order valence-corrected chi connectivity index (χ1v) is 33.6. The molecular formula is C72H78Cl4N14O13. The van der Waals surface area contributed by atoms with Gasteiger partial charge in [0.05, 0.1) is 93.7 Å². The molecule has 31 heteroatoms. The number of carboxylic acid groups (broad SMARTS) is 1. The lowest BCUT2D eigenvalue weighted by Gasteiger charge is -2.20. The molecule has 27 nitrogen and oxygen atoms in total. The Balaban J connectivity index is 0.000000180. The quantitative estimate of drug-likeness (QED) is 0.0470. The molecular weight excluding hydrogens is 1410 g/mol. The summed E-state index contributed by atoms with van der Waals surface area (Å²) in [5.41, 5.74) is 14.5. The predicted octanol–water partition coefficient (Wildman–Crippen LogP) is 11.5. The van der Waals surface area contributed by atoms with Crippen LogP contribution >= 0.6 is 46.4 Å². The molecule has 0 fully saturated rings. The number of aromatic nitrogens is 10. The van der Waals surface area contributed by atoms with Crippen molar-refractivity contribution >= 4 is 99.4 Å². The van der Waals surface area contributed by atoms with Crippen LogP contribution in [0.5, 0.6) is 11.5 Å². The number of hydrogen-bond donors (Lipinski definition) is 5. The third-order valence-corrected chi connectivity index (χ3v) is 17.0. The SMILES string of the molecule is CCOC(=O)c1cc(C)[nH]n1.CCOC(=O)c1n[nH]c(C)c1Cl.CCOC(=O)c1nn(Cc2ccccc2)c(C)c1Cl.CN1C(=O)[C@@H](N)COc2ccccc21.Cc1c(Cl)c(C(=O)N[C@H]2COc3ccccc3N(C)C2=O)nn1Cc1ccccc1.Cc1c(Cl)c(C(=O)O)nn1Cc1ccccc1. The summed E-state index contributed by atoms with van der Waals surface area (Å²) in [6.45, 7) is 17.0. The molecule has 0 radical (unpaired) electrons. The summed E-state index contributed by atoms with van der Waals surface area (Å²) in [6.07, 6.45) is 0. The van der Waals surface area contributed by atoms with Crippen LogP contribution in [-0.4, -0.2) is 156 Å². The first-order chi connectivity index (χ1) is 49.3. The van der Waals surface area contributed by atoms with E-state index < -0.39 is 35.9 Å². The number of hydrogen-bond acceptors (Lipinski definition) is 18. The van der Waals surface area contributed by atoms with Gasteiger partial charge in [-0.05, 0) is 102 Å². The number of nitrogens with zero attached hydrogens (tertiary/aromatic N) is 10. The molecule has 2 aliphatic heterocycles. The van der Waals surface area contributed by atoms with Crippen LogP contribution in [0.4, 0.5) is 11.4 Å². The van der Waals surface area contributed by atoms with Crippen molar-refractivity contribution < 1.29 is 62.4 Å². The Hall–Kier alpha value is -10.8. The highest BCUT2D eigenvalue weighted by Crippen LogP contribution is 2.32. The molecule has 0 saturated carbocycles. The van der Waals surface area contributed by atoms with Gasteiger partial charge in [-0.1, -0.05) is 162 Å². The van der Waals surface area contributed by atoms with Crippen LogP contribution in [0.1, 0.15) is 118 Å². The average molecular weight is 1490 g/mol. The zero-order chi connectivity index (χ0) is 75.0. The van der Waals surface area contributed by atoms with Gasteiger partial charge in [0.25, 0.3) is 11.8 Å². The summed E-state index contributed by atoms with van der Waals surface area (Å²) in [5.74, 6) is -2.07. The van der Waals surface area contributed by atoms with Crippen molar-refractivity contribution in [2.75, 3.05) is 56.9 Å². The highest BCUT2D eigenvalue weighted by atomic mass is 35.5. The van der Waals surface area contributed by atoms with Crippen molar-refractivity contribution in [3.05, 3.63) is 239 Å². The maximum atomic E-state index is 12.9. The second-order valence-corrected chi connectivity index (χ2v) is 24.1. The summed E-state index contributed by atoms with van der Waals surface area (Å²) in [7, 11) is 3.36. The first-order valence-electron chi connectivity index (χ1n) is 32.1. The van der Waals surface area contributed by atoms with Gasteiger partial charge in [0.2, 0.25) is 5.91 Å². The van der Waals surface area contributed by atoms with E-state index in [0.717, 1.165) is 33.8 Å². The number of aryl methyl sites for hydroxylation is 2. The monoisotopic (exact) mass is 1490 g/mol. The lowest BCUT2D eigenvalue weighted by molar-refractivity contribution is -0.120. The Morgan fingerprint density at radius 3 is 1.35 bits per heavy atom. The summed E-state index contributed by atoms with van der Waals surface area (Å²) < 4.78 is 30.5. The topological polar surface area (TPSA) is 341 Å². The molecule has 0 saturated heterocycles. The van der Waals surface area contributed by atoms with Gasteiger partial charge in [-0.2, -0.15) is 25.5 Å². The fourth-order valence-corrected chi connectivity index (χ4v) is 10.5.